The maximum absolute atomic E-state index is 13.1. The van der Waals surface area contributed by atoms with E-state index in [4.69, 9.17) is 0 Å². The summed E-state index contributed by atoms with van der Waals surface area (Å²) >= 11 is 0. The Hall–Kier alpha value is -3.22. The highest BCUT2D eigenvalue weighted by atomic mass is 19.4. The molecule has 2 aromatic carbocycles. The van der Waals surface area contributed by atoms with E-state index in [2.05, 4.69) is 15.0 Å². The normalized spacial score (nSPS) is 11.9. The van der Waals surface area contributed by atoms with E-state index in [1.54, 1.807) is 0 Å². The van der Waals surface area contributed by atoms with E-state index in [0.29, 0.717) is 24.4 Å². The number of rotatable bonds is 5. The number of imidazole rings is 1. The second-order valence-corrected chi connectivity index (χ2v) is 6.90. The lowest BCUT2D eigenvalue weighted by Gasteiger charge is -2.11. The molecular weight excluding hydrogens is 377 g/mol. The second kappa shape index (κ2) is 7.66. The minimum atomic E-state index is -4.32. The fourth-order valence-corrected chi connectivity index (χ4v) is 3.32. The van der Waals surface area contributed by atoms with Gasteiger partial charge in [-0.15, -0.1) is 0 Å². The van der Waals surface area contributed by atoms with E-state index in [-0.39, 0.29) is 0 Å². The fourth-order valence-electron chi connectivity index (χ4n) is 3.32. The number of hydrogen-bond donors (Lipinski definition) is 0. The fraction of sp³-hybridized carbons (Fsp3) is 0.227. The third-order valence-electron chi connectivity index (χ3n) is 4.71. The first-order valence-corrected chi connectivity index (χ1v) is 9.29. The van der Waals surface area contributed by atoms with Crippen molar-refractivity contribution in [1.29, 1.82) is 0 Å². The third kappa shape index (κ3) is 4.45. The van der Waals surface area contributed by atoms with E-state index in [1.807, 2.05) is 61.5 Å². The molecule has 148 valence electrons. The molecule has 0 fully saturated rings. The number of aromatic nitrogens is 4. The number of benzene rings is 2. The van der Waals surface area contributed by atoms with Crippen LogP contribution in [0.2, 0.25) is 0 Å². The lowest BCUT2D eigenvalue weighted by molar-refractivity contribution is -0.141. The quantitative estimate of drug-likeness (QED) is 0.469. The third-order valence-corrected chi connectivity index (χ3v) is 4.71. The Balaban J connectivity index is 1.63. The van der Waals surface area contributed by atoms with Crippen LogP contribution in [0.1, 0.15) is 17.2 Å². The summed E-state index contributed by atoms with van der Waals surface area (Å²) in [6.07, 6.45) is -2.04. The molecule has 0 aliphatic rings. The van der Waals surface area contributed by atoms with Gasteiger partial charge in [0.15, 0.2) is 0 Å². The van der Waals surface area contributed by atoms with Gasteiger partial charge in [0.1, 0.15) is 12.4 Å². The molecule has 0 N–H and O–H groups in total. The number of para-hydroxylation sites is 2. The van der Waals surface area contributed by atoms with Crippen molar-refractivity contribution in [2.45, 2.75) is 32.5 Å². The molecule has 2 aromatic heterocycles. The van der Waals surface area contributed by atoms with Crippen LogP contribution in [-0.2, 0) is 19.4 Å². The van der Waals surface area contributed by atoms with Crippen molar-refractivity contribution in [1.82, 2.24) is 19.5 Å². The lowest BCUT2D eigenvalue weighted by Crippen LogP contribution is -2.19. The Bertz CT molecular complexity index is 1130. The summed E-state index contributed by atoms with van der Waals surface area (Å²) in [5.74, 6) is 0.385. The molecule has 4 nitrogen and oxygen atoms in total. The van der Waals surface area contributed by atoms with Crippen molar-refractivity contribution < 1.29 is 13.2 Å². The van der Waals surface area contributed by atoms with Crippen molar-refractivity contribution in [3.05, 3.63) is 78.0 Å². The molecule has 7 heteroatoms. The molecule has 0 saturated heterocycles. The zero-order valence-corrected chi connectivity index (χ0v) is 15.8. The molecule has 0 unspecified atom stereocenters. The topological polar surface area (TPSA) is 43.6 Å². The molecule has 0 amide bonds. The van der Waals surface area contributed by atoms with Gasteiger partial charge in [-0.2, -0.15) is 13.2 Å². The number of halogens is 3. The highest BCUT2D eigenvalue weighted by Crippen LogP contribution is 2.24. The van der Waals surface area contributed by atoms with Crippen LogP contribution >= 0.6 is 0 Å². The van der Waals surface area contributed by atoms with Gasteiger partial charge in [0.25, 0.3) is 0 Å². The summed E-state index contributed by atoms with van der Waals surface area (Å²) in [6, 6.07) is 16.8. The number of aryl methyl sites for hydroxylation is 3. The molecule has 0 aliphatic carbocycles. The first-order valence-electron chi connectivity index (χ1n) is 9.29. The number of hydrogen-bond acceptors (Lipinski definition) is 3. The molecule has 0 saturated carbocycles. The average molecular weight is 396 g/mol. The molecule has 0 atom stereocenters. The second-order valence-electron chi connectivity index (χ2n) is 6.90. The lowest BCUT2D eigenvalue weighted by atomic mass is 10.1. The van der Waals surface area contributed by atoms with Gasteiger partial charge in [0.05, 0.1) is 28.1 Å². The maximum atomic E-state index is 13.1. The highest BCUT2D eigenvalue weighted by Gasteiger charge is 2.29. The van der Waals surface area contributed by atoms with E-state index < -0.39 is 12.7 Å². The van der Waals surface area contributed by atoms with E-state index in [0.717, 1.165) is 28.0 Å². The zero-order valence-electron chi connectivity index (χ0n) is 15.8. The molecule has 2 heterocycles. The van der Waals surface area contributed by atoms with Crippen LogP contribution in [0.25, 0.3) is 22.3 Å². The molecule has 4 aromatic rings. The minimum absolute atomic E-state index is 0.344. The van der Waals surface area contributed by atoms with Gasteiger partial charge >= 0.3 is 6.18 Å². The van der Waals surface area contributed by atoms with Crippen molar-refractivity contribution in [2.75, 3.05) is 0 Å². The van der Waals surface area contributed by atoms with E-state index in [9.17, 15) is 13.2 Å². The first-order chi connectivity index (χ1) is 13.9. The first kappa shape index (κ1) is 19.1. The Kier molecular flexibility index (Phi) is 5.05. The molecule has 4 rings (SSSR count). The summed E-state index contributed by atoms with van der Waals surface area (Å²) in [5.41, 5.74) is 4.45. The van der Waals surface area contributed by atoms with Crippen LogP contribution in [0.15, 0.2) is 60.8 Å². The molecule has 29 heavy (non-hydrogen) atoms. The number of alkyl halides is 3. The Morgan fingerprint density at radius 1 is 0.828 bits per heavy atom. The van der Waals surface area contributed by atoms with Gasteiger partial charge in [-0.25, -0.2) is 15.0 Å². The number of nitrogens with zero attached hydrogens (tertiary/aromatic N) is 4. The van der Waals surface area contributed by atoms with Crippen molar-refractivity contribution in [3.63, 3.8) is 0 Å². The Morgan fingerprint density at radius 2 is 1.48 bits per heavy atom. The smallest absolute Gasteiger partial charge is 0.325 e. The summed E-state index contributed by atoms with van der Waals surface area (Å²) < 4.78 is 40.4. The molecular formula is C22H19F3N4. The molecule has 0 spiro atoms. The van der Waals surface area contributed by atoms with Gasteiger partial charge in [-0.05, 0) is 25.5 Å². The van der Waals surface area contributed by atoms with Gasteiger partial charge < -0.3 is 4.57 Å². The monoisotopic (exact) mass is 396 g/mol. The highest BCUT2D eigenvalue weighted by molar-refractivity contribution is 5.74. The molecule has 0 radical (unpaired) electrons. The van der Waals surface area contributed by atoms with Gasteiger partial charge in [0, 0.05) is 18.2 Å². The number of fused-ring (bicyclic) bond motifs is 1. The minimum Gasteiger partial charge on any atom is -0.325 e. The SMILES string of the molecule is Cc1nc2ccccc2nc1CCc1nc(-c2ccccc2)cn1CC(F)(F)F. The van der Waals surface area contributed by atoms with E-state index >= 15 is 0 Å². The molecule has 0 bridgehead atoms. The maximum Gasteiger partial charge on any atom is 0.406 e. The van der Waals surface area contributed by atoms with Crippen LogP contribution in [0, 0.1) is 6.92 Å². The Morgan fingerprint density at radius 3 is 2.17 bits per heavy atom. The van der Waals surface area contributed by atoms with Gasteiger partial charge in [0.2, 0.25) is 0 Å². The van der Waals surface area contributed by atoms with Gasteiger partial charge in [-0.3, -0.25) is 0 Å². The van der Waals surface area contributed by atoms with E-state index in [1.165, 1.54) is 10.8 Å². The molecule has 0 aliphatic heterocycles. The largest absolute Gasteiger partial charge is 0.406 e. The van der Waals surface area contributed by atoms with Crippen LogP contribution in [0.5, 0.6) is 0 Å². The van der Waals surface area contributed by atoms with Crippen LogP contribution in [-0.4, -0.2) is 25.7 Å². The van der Waals surface area contributed by atoms with Crippen molar-refractivity contribution in [2.24, 2.45) is 0 Å². The van der Waals surface area contributed by atoms with Crippen molar-refractivity contribution >= 4 is 11.0 Å². The predicted molar refractivity (Wildman–Crippen MR) is 105 cm³/mol. The van der Waals surface area contributed by atoms with Crippen molar-refractivity contribution in [3.8, 4) is 11.3 Å². The van der Waals surface area contributed by atoms with Crippen LogP contribution < -0.4 is 0 Å². The predicted octanol–water partition coefficient (Wildman–Crippen LogP) is 5.15. The summed E-state index contributed by atoms with van der Waals surface area (Å²) in [4.78, 5) is 13.7. The zero-order chi connectivity index (χ0) is 20.4. The summed E-state index contributed by atoms with van der Waals surface area (Å²) in [6.45, 7) is 0.802. The van der Waals surface area contributed by atoms with Crippen LogP contribution in [0.3, 0.4) is 0 Å². The summed E-state index contributed by atoms with van der Waals surface area (Å²) in [5, 5.41) is 0. The summed E-state index contributed by atoms with van der Waals surface area (Å²) in [7, 11) is 0. The van der Waals surface area contributed by atoms with Gasteiger partial charge in [-0.1, -0.05) is 42.5 Å². The average Bonchev–Trinajstić information content (AvgIpc) is 3.08. The van der Waals surface area contributed by atoms with Crippen LogP contribution in [0.4, 0.5) is 13.2 Å². The Labute approximate surface area is 166 Å². The standard InChI is InChI=1S/C22H19F3N4/c1-15-17(27-19-10-6-5-9-18(19)26-15)11-12-21-28-20(16-7-3-2-4-8-16)13-29(21)14-22(23,24)25/h2-10,13H,11-12,14H2,1H3.